The second-order valence-electron chi connectivity index (χ2n) is 6.17. The van der Waals surface area contributed by atoms with Gasteiger partial charge in [0.15, 0.2) is 23.0 Å². The highest BCUT2D eigenvalue weighted by atomic mass is 79.9. The monoisotopic (exact) mass is 421 g/mol. The average Bonchev–Trinajstić information content (AvgIpc) is 2.68. The van der Waals surface area contributed by atoms with Crippen molar-refractivity contribution in [2.75, 3.05) is 35.0 Å². The molecular weight excluding hydrogens is 398 g/mol. The Kier molecular flexibility index (Phi) is 5.94. The first-order valence-electron chi connectivity index (χ1n) is 8.49. The molecule has 5 nitrogen and oxygen atoms in total. The summed E-state index contributed by atoms with van der Waals surface area (Å²) in [7, 11) is 6.63. The van der Waals surface area contributed by atoms with E-state index in [4.69, 9.17) is 18.9 Å². The summed E-state index contributed by atoms with van der Waals surface area (Å²) in [6.45, 7) is 0.929. The van der Waals surface area contributed by atoms with Crippen molar-refractivity contribution < 1.29 is 18.9 Å². The molecule has 0 spiro atoms. The Morgan fingerprint density at radius 2 is 1.46 bits per heavy atom. The van der Waals surface area contributed by atoms with Gasteiger partial charge in [0, 0.05) is 10.5 Å². The number of ether oxygens (including phenoxy) is 4. The van der Waals surface area contributed by atoms with Gasteiger partial charge in [-0.3, -0.25) is 0 Å². The molecule has 1 N–H and O–H groups in total. The number of nitrogens with one attached hydrogen (secondary N) is 1. The standard InChI is InChI=1S/C20H24BrNO4/c1-23-17-8-12-5-6-22-16(14(12)10-19(17)25-3)7-13-9-18(24-2)20(26-4)11-15(13)21/h8-11,16,22H,5-7H2,1-4H3/t16-/m0/s1. The van der Waals surface area contributed by atoms with Gasteiger partial charge >= 0.3 is 0 Å². The van der Waals surface area contributed by atoms with Crippen molar-refractivity contribution in [2.24, 2.45) is 0 Å². The number of hydrogen-bond acceptors (Lipinski definition) is 5. The maximum absolute atomic E-state index is 5.49. The summed E-state index contributed by atoms with van der Waals surface area (Å²) < 4.78 is 22.8. The molecule has 0 saturated carbocycles. The van der Waals surface area contributed by atoms with E-state index >= 15 is 0 Å². The summed E-state index contributed by atoms with van der Waals surface area (Å²) in [5.41, 5.74) is 3.70. The van der Waals surface area contributed by atoms with Crippen molar-refractivity contribution in [1.82, 2.24) is 5.32 Å². The van der Waals surface area contributed by atoms with Crippen LogP contribution in [0.5, 0.6) is 23.0 Å². The molecule has 1 atom stereocenters. The zero-order valence-corrected chi connectivity index (χ0v) is 17.1. The van der Waals surface area contributed by atoms with Gasteiger partial charge in [-0.05, 0) is 60.3 Å². The quantitative estimate of drug-likeness (QED) is 0.765. The van der Waals surface area contributed by atoms with Gasteiger partial charge in [-0.2, -0.15) is 0 Å². The van der Waals surface area contributed by atoms with Crippen LogP contribution in [0, 0.1) is 0 Å². The highest BCUT2D eigenvalue weighted by Gasteiger charge is 2.24. The minimum atomic E-state index is 0.188. The van der Waals surface area contributed by atoms with E-state index in [-0.39, 0.29) is 6.04 Å². The number of benzene rings is 2. The minimum Gasteiger partial charge on any atom is -0.493 e. The van der Waals surface area contributed by atoms with E-state index in [1.807, 2.05) is 12.1 Å². The molecule has 0 radical (unpaired) electrons. The Balaban J connectivity index is 1.96. The first kappa shape index (κ1) is 18.9. The zero-order valence-electron chi connectivity index (χ0n) is 15.5. The molecule has 0 bridgehead atoms. The number of halogens is 1. The van der Waals surface area contributed by atoms with Crippen LogP contribution in [0.4, 0.5) is 0 Å². The maximum atomic E-state index is 5.49. The Hall–Kier alpha value is -1.92. The molecule has 3 rings (SSSR count). The molecule has 6 heteroatoms. The fraction of sp³-hybridized carbons (Fsp3) is 0.400. The largest absolute Gasteiger partial charge is 0.493 e. The molecule has 1 heterocycles. The lowest BCUT2D eigenvalue weighted by Gasteiger charge is -2.28. The van der Waals surface area contributed by atoms with Crippen molar-refractivity contribution in [3.05, 3.63) is 45.4 Å². The van der Waals surface area contributed by atoms with Crippen LogP contribution in [0.3, 0.4) is 0 Å². The van der Waals surface area contributed by atoms with Gasteiger partial charge in [-0.15, -0.1) is 0 Å². The van der Waals surface area contributed by atoms with Gasteiger partial charge in [-0.25, -0.2) is 0 Å². The molecular formula is C20H24BrNO4. The van der Waals surface area contributed by atoms with E-state index in [9.17, 15) is 0 Å². The Morgan fingerprint density at radius 1 is 0.885 bits per heavy atom. The fourth-order valence-electron chi connectivity index (χ4n) is 3.42. The summed E-state index contributed by atoms with van der Waals surface area (Å²) in [5, 5.41) is 3.62. The molecule has 26 heavy (non-hydrogen) atoms. The minimum absolute atomic E-state index is 0.188. The zero-order chi connectivity index (χ0) is 18.7. The number of hydrogen-bond donors (Lipinski definition) is 1. The lowest BCUT2D eigenvalue weighted by Crippen LogP contribution is -2.31. The summed E-state index contributed by atoms with van der Waals surface area (Å²) >= 11 is 3.66. The summed E-state index contributed by atoms with van der Waals surface area (Å²) in [4.78, 5) is 0. The van der Waals surface area contributed by atoms with Crippen LogP contribution in [0.25, 0.3) is 0 Å². The highest BCUT2D eigenvalue weighted by molar-refractivity contribution is 9.10. The van der Waals surface area contributed by atoms with Crippen molar-refractivity contribution >= 4 is 15.9 Å². The maximum Gasteiger partial charge on any atom is 0.161 e. The fourth-order valence-corrected chi connectivity index (χ4v) is 3.91. The van der Waals surface area contributed by atoms with E-state index in [1.165, 1.54) is 11.1 Å². The lowest BCUT2D eigenvalue weighted by molar-refractivity contribution is 0.351. The Morgan fingerprint density at radius 3 is 2.12 bits per heavy atom. The summed E-state index contributed by atoms with van der Waals surface area (Å²) in [6, 6.07) is 8.34. The Bertz CT molecular complexity index is 794. The van der Waals surface area contributed by atoms with Gasteiger partial charge in [0.1, 0.15) is 0 Å². The molecule has 0 aliphatic carbocycles. The predicted octanol–water partition coefficient (Wildman–Crippen LogP) is 3.91. The molecule has 0 amide bonds. The van der Waals surface area contributed by atoms with Gasteiger partial charge < -0.3 is 24.3 Å². The highest BCUT2D eigenvalue weighted by Crippen LogP contribution is 2.39. The molecule has 0 unspecified atom stereocenters. The van der Waals surface area contributed by atoms with Crippen molar-refractivity contribution in [2.45, 2.75) is 18.9 Å². The van der Waals surface area contributed by atoms with Crippen LogP contribution < -0.4 is 24.3 Å². The van der Waals surface area contributed by atoms with Crippen molar-refractivity contribution in [3.63, 3.8) is 0 Å². The molecule has 0 aromatic heterocycles. The second kappa shape index (κ2) is 8.18. The third-order valence-corrected chi connectivity index (χ3v) is 5.52. The number of rotatable bonds is 6. The third-order valence-electron chi connectivity index (χ3n) is 4.78. The van der Waals surface area contributed by atoms with E-state index in [2.05, 4.69) is 33.4 Å². The normalized spacial score (nSPS) is 16.0. The van der Waals surface area contributed by atoms with Gasteiger partial charge in [0.25, 0.3) is 0 Å². The van der Waals surface area contributed by atoms with E-state index in [1.54, 1.807) is 28.4 Å². The van der Waals surface area contributed by atoms with Crippen molar-refractivity contribution in [1.29, 1.82) is 0 Å². The molecule has 1 aliphatic heterocycles. The van der Waals surface area contributed by atoms with Crippen LogP contribution in [0.1, 0.15) is 22.7 Å². The summed E-state index contributed by atoms with van der Waals surface area (Å²) in [6.07, 6.45) is 1.79. The average molecular weight is 422 g/mol. The van der Waals surface area contributed by atoms with Gasteiger partial charge in [-0.1, -0.05) is 15.9 Å². The molecule has 0 fully saturated rings. The lowest BCUT2D eigenvalue weighted by atomic mass is 9.89. The summed E-state index contributed by atoms with van der Waals surface area (Å²) in [5.74, 6) is 2.98. The van der Waals surface area contributed by atoms with Crippen molar-refractivity contribution in [3.8, 4) is 23.0 Å². The molecule has 2 aromatic carbocycles. The third kappa shape index (κ3) is 3.62. The van der Waals surface area contributed by atoms with Crippen LogP contribution in [0.2, 0.25) is 0 Å². The molecule has 0 saturated heterocycles. The number of fused-ring (bicyclic) bond motifs is 1. The van der Waals surface area contributed by atoms with E-state index in [0.717, 1.165) is 46.7 Å². The number of methoxy groups -OCH3 is 4. The van der Waals surface area contributed by atoms with Crippen LogP contribution in [0.15, 0.2) is 28.7 Å². The first-order chi connectivity index (χ1) is 12.6. The molecule has 2 aromatic rings. The SMILES string of the molecule is COc1cc(Br)c(C[C@@H]2NCCc3cc(OC)c(OC)cc32)cc1OC. The molecule has 140 valence electrons. The van der Waals surface area contributed by atoms with E-state index in [0.29, 0.717) is 5.75 Å². The van der Waals surface area contributed by atoms with Gasteiger partial charge in [0.2, 0.25) is 0 Å². The molecule has 1 aliphatic rings. The first-order valence-corrected chi connectivity index (χ1v) is 9.29. The van der Waals surface area contributed by atoms with Crippen LogP contribution in [-0.4, -0.2) is 35.0 Å². The van der Waals surface area contributed by atoms with Crippen LogP contribution >= 0.6 is 15.9 Å². The Labute approximate surface area is 162 Å². The topological polar surface area (TPSA) is 49.0 Å². The van der Waals surface area contributed by atoms with E-state index < -0.39 is 0 Å². The predicted molar refractivity (Wildman–Crippen MR) is 105 cm³/mol. The van der Waals surface area contributed by atoms with Crippen LogP contribution in [-0.2, 0) is 12.8 Å². The smallest absolute Gasteiger partial charge is 0.161 e. The van der Waals surface area contributed by atoms with Gasteiger partial charge in [0.05, 0.1) is 28.4 Å². The second-order valence-corrected chi connectivity index (χ2v) is 7.02.